The average Bonchev–Trinajstić information content (AvgIpc) is 3.54. The Morgan fingerprint density at radius 2 is 1.86 bits per heavy atom. The highest BCUT2D eigenvalue weighted by Gasteiger charge is 2.38. The minimum Gasteiger partial charge on any atom is -0.465 e. The number of rotatable bonds is 8. The zero-order chi connectivity index (χ0) is 25.0. The minimum absolute atomic E-state index is 0.253. The van der Waals surface area contributed by atoms with Crippen LogP contribution in [0.25, 0.3) is 0 Å². The molecule has 0 radical (unpaired) electrons. The number of thiophene rings is 1. The van der Waals surface area contributed by atoms with Crippen LogP contribution in [-0.4, -0.2) is 55.6 Å². The zero-order valence-corrected chi connectivity index (χ0v) is 20.9. The van der Waals surface area contributed by atoms with Crippen molar-refractivity contribution in [2.75, 3.05) is 42.8 Å². The number of likely N-dealkylation sites (N-methyl/N-ethyl adjacent to an activating group) is 1. The molecular weight excluding hydrogens is 488 g/mol. The molecule has 1 fully saturated rings. The first-order valence-electron chi connectivity index (χ1n) is 10.9. The number of para-hydroxylation sites is 2. The fourth-order valence-corrected chi connectivity index (χ4v) is 5.47. The van der Waals surface area contributed by atoms with Crippen molar-refractivity contribution in [3.8, 4) is 0 Å². The van der Waals surface area contributed by atoms with Crippen molar-refractivity contribution in [1.29, 1.82) is 0 Å². The molecule has 1 aliphatic rings. The number of anilines is 4. The van der Waals surface area contributed by atoms with Crippen LogP contribution < -0.4 is 26.6 Å². The second-order valence-electron chi connectivity index (χ2n) is 7.97. The lowest BCUT2D eigenvalue weighted by atomic mass is 9.86. The molecule has 0 spiro atoms. The highest BCUT2D eigenvalue weighted by Crippen LogP contribution is 2.32. The molecule has 184 valence electrons. The number of amides is 2. The van der Waals surface area contributed by atoms with Crippen LogP contribution >= 0.6 is 22.7 Å². The van der Waals surface area contributed by atoms with Crippen molar-refractivity contribution in [3.05, 3.63) is 51.7 Å². The smallest absolute Gasteiger partial charge is 0.350 e. The third kappa shape index (κ3) is 5.14. The van der Waals surface area contributed by atoms with Gasteiger partial charge in [0.05, 0.1) is 24.2 Å². The summed E-state index contributed by atoms with van der Waals surface area (Å²) in [5.41, 5.74) is 7.26. The lowest BCUT2D eigenvalue weighted by molar-refractivity contribution is -0.125. The summed E-state index contributed by atoms with van der Waals surface area (Å²) in [7, 11) is 3.08. The molecule has 3 aromatic rings. The summed E-state index contributed by atoms with van der Waals surface area (Å²) in [5, 5.41) is 13.0. The number of benzene rings is 1. The molecule has 12 heteroatoms. The number of carbonyl (C=O) groups is 3. The second-order valence-corrected chi connectivity index (χ2v) is 9.75. The van der Waals surface area contributed by atoms with Crippen LogP contribution in [0.2, 0.25) is 0 Å². The standard InChI is InChI=1S/C23H26N6O4S2/c1-25-23(21(24)32)8-10-29(11-9-23)17-6-4-3-5-14(17)26-19(30)16-13-35-22(28-16)27-15-7-12-34-18(15)20(31)33-2/h3-7,12-13,25H,8-11H2,1-2H3,(H2,24,32)(H,26,30)(H,27,28). The van der Waals surface area contributed by atoms with E-state index in [0.29, 0.717) is 47.3 Å². The highest BCUT2D eigenvalue weighted by molar-refractivity contribution is 7.14. The Kier molecular flexibility index (Phi) is 7.34. The van der Waals surface area contributed by atoms with Crippen LogP contribution in [0.3, 0.4) is 0 Å². The number of esters is 1. The maximum absolute atomic E-state index is 13.0. The van der Waals surface area contributed by atoms with Gasteiger partial charge in [-0.3, -0.25) is 9.59 Å². The lowest BCUT2D eigenvalue weighted by Gasteiger charge is -2.41. The summed E-state index contributed by atoms with van der Waals surface area (Å²) in [6, 6.07) is 9.28. The molecule has 0 bridgehead atoms. The van der Waals surface area contributed by atoms with Gasteiger partial charge in [-0.2, -0.15) is 0 Å². The number of nitrogens with two attached hydrogens (primary N) is 1. The second kappa shape index (κ2) is 10.4. The number of thiazole rings is 1. The Bertz CT molecular complexity index is 1230. The van der Waals surface area contributed by atoms with Crippen LogP contribution in [-0.2, 0) is 9.53 Å². The molecule has 1 aromatic carbocycles. The van der Waals surface area contributed by atoms with Crippen molar-refractivity contribution < 1.29 is 19.1 Å². The number of ether oxygens (including phenoxy) is 1. The number of hydrogen-bond donors (Lipinski definition) is 4. The summed E-state index contributed by atoms with van der Waals surface area (Å²) in [5.74, 6) is -1.14. The van der Waals surface area contributed by atoms with E-state index in [0.717, 1.165) is 5.69 Å². The molecule has 35 heavy (non-hydrogen) atoms. The fraction of sp³-hybridized carbons (Fsp3) is 0.304. The molecule has 10 nitrogen and oxygen atoms in total. The van der Waals surface area contributed by atoms with E-state index in [-0.39, 0.29) is 17.5 Å². The van der Waals surface area contributed by atoms with Crippen molar-refractivity contribution in [1.82, 2.24) is 10.3 Å². The van der Waals surface area contributed by atoms with Crippen molar-refractivity contribution in [3.63, 3.8) is 0 Å². The van der Waals surface area contributed by atoms with Crippen LogP contribution in [0.5, 0.6) is 0 Å². The number of nitrogens with zero attached hydrogens (tertiary/aromatic N) is 2. The number of aromatic nitrogens is 1. The molecule has 0 saturated carbocycles. The van der Waals surface area contributed by atoms with E-state index in [2.05, 4.69) is 25.8 Å². The summed E-state index contributed by atoms with van der Waals surface area (Å²) in [6.45, 7) is 1.23. The van der Waals surface area contributed by atoms with Crippen molar-refractivity contribution in [2.45, 2.75) is 18.4 Å². The summed E-state index contributed by atoms with van der Waals surface area (Å²) < 4.78 is 4.79. The van der Waals surface area contributed by atoms with E-state index in [1.54, 1.807) is 23.9 Å². The predicted molar refractivity (Wildman–Crippen MR) is 138 cm³/mol. The predicted octanol–water partition coefficient (Wildman–Crippen LogP) is 3.03. The van der Waals surface area contributed by atoms with Gasteiger partial charge in [-0.05, 0) is 43.5 Å². The molecule has 1 saturated heterocycles. The van der Waals surface area contributed by atoms with Crippen LogP contribution in [0.15, 0.2) is 41.1 Å². The first-order chi connectivity index (χ1) is 16.9. The van der Waals surface area contributed by atoms with Crippen molar-refractivity contribution in [2.24, 2.45) is 5.73 Å². The number of primary amides is 1. The quantitative estimate of drug-likeness (QED) is 0.337. The van der Waals surface area contributed by atoms with E-state index in [9.17, 15) is 14.4 Å². The normalized spacial score (nSPS) is 14.9. The Labute approximate surface area is 210 Å². The Balaban J connectivity index is 1.45. The molecule has 3 heterocycles. The Hall–Kier alpha value is -3.48. The average molecular weight is 515 g/mol. The van der Waals surface area contributed by atoms with Gasteiger partial charge >= 0.3 is 5.97 Å². The topological polar surface area (TPSA) is 139 Å². The Morgan fingerprint density at radius 3 is 2.54 bits per heavy atom. The molecular formula is C23H26N6O4S2. The van der Waals surface area contributed by atoms with E-state index in [4.69, 9.17) is 10.5 Å². The van der Waals surface area contributed by atoms with Gasteiger partial charge in [0.2, 0.25) is 5.91 Å². The van der Waals surface area contributed by atoms with E-state index < -0.39 is 11.5 Å². The van der Waals surface area contributed by atoms with E-state index in [1.807, 2.05) is 24.3 Å². The Morgan fingerprint density at radius 1 is 1.11 bits per heavy atom. The highest BCUT2D eigenvalue weighted by atomic mass is 32.1. The third-order valence-corrected chi connectivity index (χ3v) is 7.73. The first-order valence-corrected chi connectivity index (χ1v) is 12.7. The number of carbonyl (C=O) groups excluding carboxylic acids is 3. The molecule has 5 N–H and O–H groups in total. The molecule has 4 rings (SSSR count). The monoisotopic (exact) mass is 514 g/mol. The van der Waals surface area contributed by atoms with E-state index in [1.165, 1.54) is 29.8 Å². The third-order valence-electron chi connectivity index (χ3n) is 6.07. The lowest BCUT2D eigenvalue weighted by Crippen LogP contribution is -2.59. The first kappa shape index (κ1) is 24.6. The fourth-order valence-electron chi connectivity index (χ4n) is 4.00. The SMILES string of the molecule is CNC1(C(N)=O)CCN(c2ccccc2NC(=O)c2csc(Nc3ccsc3C(=O)OC)n2)CC1. The van der Waals surface area contributed by atoms with Gasteiger partial charge in [0.25, 0.3) is 5.91 Å². The van der Waals surface area contributed by atoms with Crippen LogP contribution in [0.1, 0.15) is 33.0 Å². The number of nitrogens with one attached hydrogen (secondary N) is 3. The number of hydrogen-bond acceptors (Lipinski definition) is 10. The summed E-state index contributed by atoms with van der Waals surface area (Å²) >= 11 is 2.52. The molecule has 0 unspecified atom stereocenters. The molecule has 1 aliphatic heterocycles. The molecule has 0 aliphatic carbocycles. The van der Waals surface area contributed by atoms with Crippen molar-refractivity contribution >= 4 is 62.7 Å². The van der Waals surface area contributed by atoms with Gasteiger partial charge in [-0.25, -0.2) is 9.78 Å². The zero-order valence-electron chi connectivity index (χ0n) is 19.3. The van der Waals surface area contributed by atoms with Gasteiger partial charge in [0.15, 0.2) is 5.13 Å². The summed E-state index contributed by atoms with van der Waals surface area (Å²) in [6.07, 6.45) is 1.14. The molecule has 2 aromatic heterocycles. The van der Waals surface area contributed by atoms with Gasteiger partial charge in [0, 0.05) is 18.5 Å². The number of piperidine rings is 1. The minimum atomic E-state index is -0.713. The maximum Gasteiger partial charge on any atom is 0.350 e. The molecule has 0 atom stereocenters. The maximum atomic E-state index is 13.0. The number of methoxy groups -OCH3 is 1. The van der Waals surface area contributed by atoms with Crippen LogP contribution in [0, 0.1) is 0 Å². The van der Waals surface area contributed by atoms with Gasteiger partial charge in [-0.15, -0.1) is 22.7 Å². The largest absolute Gasteiger partial charge is 0.465 e. The molecule has 2 amide bonds. The van der Waals surface area contributed by atoms with Gasteiger partial charge in [0.1, 0.15) is 16.1 Å². The van der Waals surface area contributed by atoms with Gasteiger partial charge in [-0.1, -0.05) is 12.1 Å². The van der Waals surface area contributed by atoms with E-state index >= 15 is 0 Å². The van der Waals surface area contributed by atoms with Gasteiger partial charge < -0.3 is 31.3 Å². The summed E-state index contributed by atoms with van der Waals surface area (Å²) in [4.78, 5) is 43.7. The van der Waals surface area contributed by atoms with Crippen LogP contribution in [0.4, 0.5) is 22.2 Å².